The van der Waals surface area contributed by atoms with Crippen LogP contribution in [0.4, 0.5) is 0 Å². The molecule has 0 amide bonds. The van der Waals surface area contributed by atoms with Crippen LogP contribution in [0.25, 0.3) is 0 Å². The summed E-state index contributed by atoms with van der Waals surface area (Å²) >= 11 is 6.50. The highest BCUT2D eigenvalue weighted by atomic mass is 35.5. The fourth-order valence-corrected chi connectivity index (χ4v) is 5.09. The minimum Gasteiger partial charge on any atom is -0.490 e. The molecule has 184 valence electrons. The number of aryl methyl sites for hydroxylation is 1. The van der Waals surface area contributed by atoms with Crippen LogP contribution in [-0.4, -0.2) is 41.7 Å². The van der Waals surface area contributed by atoms with Crippen LogP contribution in [0.3, 0.4) is 0 Å². The first kappa shape index (κ1) is 24.1. The summed E-state index contributed by atoms with van der Waals surface area (Å²) in [4.78, 5) is 0. The second-order valence-corrected chi connectivity index (χ2v) is 10.00. The molecule has 0 aliphatic carbocycles. The van der Waals surface area contributed by atoms with Crippen molar-refractivity contribution in [2.75, 3.05) is 13.2 Å². The van der Waals surface area contributed by atoms with E-state index in [0.29, 0.717) is 30.9 Å². The van der Waals surface area contributed by atoms with Crippen LogP contribution in [0.2, 0.25) is 5.02 Å². The van der Waals surface area contributed by atoms with Crippen molar-refractivity contribution in [3.05, 3.63) is 93.5 Å². The number of rotatable bonds is 7. The fourth-order valence-electron chi connectivity index (χ4n) is 4.91. The summed E-state index contributed by atoms with van der Waals surface area (Å²) in [7, 11) is 0. The van der Waals surface area contributed by atoms with E-state index in [1.807, 2.05) is 36.4 Å². The summed E-state index contributed by atoms with van der Waals surface area (Å²) in [6.07, 6.45) is 1.46. The second kappa shape index (κ2) is 10.6. The summed E-state index contributed by atoms with van der Waals surface area (Å²) in [5.74, 6) is 1.77. The van der Waals surface area contributed by atoms with Gasteiger partial charge in [0, 0.05) is 24.3 Å². The first-order valence-corrected chi connectivity index (χ1v) is 12.5. The van der Waals surface area contributed by atoms with Crippen LogP contribution in [0.1, 0.15) is 46.8 Å². The maximum atomic E-state index is 10.2. The Morgan fingerprint density at radius 3 is 2.63 bits per heavy atom. The van der Waals surface area contributed by atoms with Crippen LogP contribution in [-0.2, 0) is 17.6 Å². The number of halogens is 1. The first-order chi connectivity index (χ1) is 17.0. The van der Waals surface area contributed by atoms with Crippen LogP contribution >= 0.6 is 11.6 Å². The van der Waals surface area contributed by atoms with Crippen LogP contribution in [0, 0.1) is 6.92 Å². The molecular formula is C29H31ClO5. The first-order valence-electron chi connectivity index (χ1n) is 12.2. The van der Waals surface area contributed by atoms with Crippen LogP contribution < -0.4 is 9.47 Å². The minimum atomic E-state index is -0.481. The molecule has 3 aromatic carbocycles. The molecule has 0 aromatic heterocycles. The normalized spacial score (nSPS) is 23.5. The van der Waals surface area contributed by atoms with Gasteiger partial charge in [0.25, 0.3) is 0 Å². The fraction of sp³-hybridized carbons (Fsp3) is 0.379. The number of aliphatic hydroxyl groups is 2. The molecule has 1 saturated heterocycles. The summed E-state index contributed by atoms with van der Waals surface area (Å²) in [6, 6.07) is 20.2. The highest BCUT2D eigenvalue weighted by Crippen LogP contribution is 2.34. The van der Waals surface area contributed by atoms with Crippen LogP contribution in [0.15, 0.2) is 60.7 Å². The third-order valence-corrected chi connectivity index (χ3v) is 7.10. The molecule has 1 fully saturated rings. The van der Waals surface area contributed by atoms with E-state index in [0.717, 1.165) is 34.6 Å². The van der Waals surface area contributed by atoms with E-state index >= 15 is 0 Å². The molecule has 2 N–H and O–H groups in total. The Morgan fingerprint density at radius 2 is 1.83 bits per heavy atom. The van der Waals surface area contributed by atoms with Crippen molar-refractivity contribution < 1.29 is 24.4 Å². The van der Waals surface area contributed by atoms with Crippen LogP contribution in [0.5, 0.6) is 11.5 Å². The number of benzene rings is 3. The number of ether oxygens (including phenoxy) is 3. The van der Waals surface area contributed by atoms with Gasteiger partial charge in [0.2, 0.25) is 0 Å². The molecular weight excluding hydrogens is 464 g/mol. The van der Waals surface area contributed by atoms with Gasteiger partial charge >= 0.3 is 0 Å². The number of aliphatic hydroxyl groups excluding tert-OH is 2. The standard InChI is InChI=1S/C29H31ClO5/c1-18-2-9-28-22(10-18)13-26(35-28)17-33-24-6-3-19(4-7-24)11-21-12-20(5-8-27(21)30)29-15-23(32)14-25(16-31)34-29/h2-10,12,23,25-26,29,31-32H,11,13-17H2,1H3/t23-,25-,26?,29+/m0/s1. The minimum absolute atomic E-state index is 0.0268. The molecule has 0 saturated carbocycles. The van der Waals surface area contributed by atoms with Gasteiger partial charge in [-0.2, -0.15) is 0 Å². The predicted molar refractivity (Wildman–Crippen MR) is 135 cm³/mol. The van der Waals surface area contributed by atoms with E-state index in [-0.39, 0.29) is 24.9 Å². The van der Waals surface area contributed by atoms with Crippen molar-refractivity contribution in [3.8, 4) is 11.5 Å². The Labute approximate surface area is 211 Å². The van der Waals surface area contributed by atoms with Crippen molar-refractivity contribution in [1.82, 2.24) is 0 Å². The average Bonchev–Trinajstić information content (AvgIpc) is 3.26. The van der Waals surface area contributed by atoms with E-state index in [2.05, 4.69) is 31.2 Å². The van der Waals surface area contributed by atoms with E-state index in [4.69, 9.17) is 25.8 Å². The van der Waals surface area contributed by atoms with Gasteiger partial charge in [-0.1, -0.05) is 53.6 Å². The van der Waals surface area contributed by atoms with Gasteiger partial charge < -0.3 is 24.4 Å². The van der Waals surface area contributed by atoms with Gasteiger partial charge in [-0.05, 0) is 59.9 Å². The lowest BCUT2D eigenvalue weighted by Gasteiger charge is -2.32. The maximum Gasteiger partial charge on any atom is 0.137 e. The summed E-state index contributed by atoms with van der Waals surface area (Å²) in [5.41, 5.74) is 5.57. The Bertz CT molecular complexity index is 1160. The molecule has 0 spiro atoms. The van der Waals surface area contributed by atoms with Crippen molar-refractivity contribution in [2.24, 2.45) is 0 Å². The maximum absolute atomic E-state index is 10.2. The van der Waals surface area contributed by atoms with E-state index < -0.39 is 6.10 Å². The zero-order valence-corrected chi connectivity index (χ0v) is 20.6. The molecule has 5 rings (SSSR count). The second-order valence-electron chi connectivity index (χ2n) is 9.59. The van der Waals surface area contributed by atoms with Crippen molar-refractivity contribution in [1.29, 1.82) is 0 Å². The molecule has 6 heteroatoms. The van der Waals surface area contributed by atoms with Gasteiger partial charge in [0.05, 0.1) is 24.9 Å². The summed E-state index contributed by atoms with van der Waals surface area (Å²) < 4.78 is 18.0. The van der Waals surface area contributed by atoms with E-state index in [1.54, 1.807) is 0 Å². The molecule has 0 bridgehead atoms. The number of fused-ring (bicyclic) bond motifs is 1. The Kier molecular flexibility index (Phi) is 7.30. The van der Waals surface area contributed by atoms with Gasteiger partial charge in [0.1, 0.15) is 24.2 Å². The lowest BCUT2D eigenvalue weighted by molar-refractivity contribution is -0.113. The average molecular weight is 495 g/mol. The largest absolute Gasteiger partial charge is 0.490 e. The lowest BCUT2D eigenvalue weighted by Crippen LogP contribution is -2.33. The van der Waals surface area contributed by atoms with E-state index in [1.165, 1.54) is 11.1 Å². The third kappa shape index (κ3) is 5.81. The topological polar surface area (TPSA) is 68.2 Å². The molecule has 35 heavy (non-hydrogen) atoms. The van der Waals surface area contributed by atoms with E-state index in [9.17, 15) is 10.2 Å². The highest BCUT2D eigenvalue weighted by Gasteiger charge is 2.29. The number of hydrogen-bond donors (Lipinski definition) is 2. The molecule has 2 aliphatic heterocycles. The zero-order chi connectivity index (χ0) is 24.4. The highest BCUT2D eigenvalue weighted by molar-refractivity contribution is 6.31. The third-order valence-electron chi connectivity index (χ3n) is 6.73. The molecule has 2 heterocycles. The quantitative estimate of drug-likeness (QED) is 0.473. The molecule has 1 unspecified atom stereocenters. The molecule has 3 aromatic rings. The molecule has 4 atom stereocenters. The Balaban J connectivity index is 1.19. The SMILES string of the molecule is Cc1ccc2c(c1)CC(COc1ccc(Cc3cc([C@H]4C[C@@H](O)C[C@@H](CO)O4)ccc3Cl)cc1)O2. The number of hydrogen-bond acceptors (Lipinski definition) is 5. The molecule has 5 nitrogen and oxygen atoms in total. The van der Waals surface area contributed by atoms with Gasteiger partial charge in [-0.25, -0.2) is 0 Å². The van der Waals surface area contributed by atoms with Crippen molar-refractivity contribution >= 4 is 11.6 Å². The monoisotopic (exact) mass is 494 g/mol. The molecule has 0 radical (unpaired) electrons. The van der Waals surface area contributed by atoms with Gasteiger partial charge in [-0.15, -0.1) is 0 Å². The Hall–Kier alpha value is -2.57. The van der Waals surface area contributed by atoms with Crippen molar-refractivity contribution in [3.63, 3.8) is 0 Å². The van der Waals surface area contributed by atoms with Gasteiger partial charge in [0.15, 0.2) is 0 Å². The molecule has 2 aliphatic rings. The zero-order valence-electron chi connectivity index (χ0n) is 19.8. The lowest BCUT2D eigenvalue weighted by atomic mass is 9.94. The smallest absolute Gasteiger partial charge is 0.137 e. The summed E-state index contributed by atoms with van der Waals surface area (Å²) in [5, 5.41) is 20.3. The summed E-state index contributed by atoms with van der Waals surface area (Å²) in [6.45, 7) is 2.50. The van der Waals surface area contributed by atoms with Gasteiger partial charge in [-0.3, -0.25) is 0 Å². The van der Waals surface area contributed by atoms with Crippen molar-refractivity contribution in [2.45, 2.75) is 57.0 Å². The Morgan fingerprint density at radius 1 is 1.00 bits per heavy atom. The predicted octanol–water partition coefficient (Wildman–Crippen LogP) is 5.20.